The fraction of sp³-hybridized carbons (Fsp3) is 0.500. The largest absolute Gasteiger partial charge is 0.393 e. The van der Waals surface area contributed by atoms with Crippen molar-refractivity contribution in [1.82, 2.24) is 4.90 Å². The van der Waals surface area contributed by atoms with Crippen LogP contribution in [0.2, 0.25) is 5.02 Å². The molecule has 0 aliphatic carbocycles. The van der Waals surface area contributed by atoms with Gasteiger partial charge in [-0.1, -0.05) is 11.6 Å². The first-order chi connectivity index (χ1) is 10.5. The normalized spacial score (nSPS) is 23.0. The van der Waals surface area contributed by atoms with Crippen LogP contribution in [0.5, 0.6) is 0 Å². The molecule has 9 heteroatoms. The van der Waals surface area contributed by atoms with Gasteiger partial charge in [-0.15, -0.1) is 0 Å². The zero-order valence-corrected chi connectivity index (χ0v) is 12.3. The van der Waals surface area contributed by atoms with Crippen LogP contribution in [0.25, 0.3) is 0 Å². The molecule has 1 fully saturated rings. The molecule has 1 saturated heterocycles. The van der Waals surface area contributed by atoms with Crippen molar-refractivity contribution in [2.75, 3.05) is 13.1 Å². The summed E-state index contributed by atoms with van der Waals surface area (Å²) in [6.45, 7) is -1.56. The summed E-state index contributed by atoms with van der Waals surface area (Å²) >= 11 is 5.65. The highest BCUT2D eigenvalue weighted by Gasteiger charge is 2.52. The lowest BCUT2D eigenvalue weighted by Gasteiger charge is -2.39. The fourth-order valence-corrected chi connectivity index (χ4v) is 2.64. The summed E-state index contributed by atoms with van der Waals surface area (Å²) in [5.74, 6) is -5.26. The van der Waals surface area contributed by atoms with Crippen LogP contribution in [-0.2, 0) is 0 Å². The van der Waals surface area contributed by atoms with E-state index < -0.39 is 49.6 Å². The molecule has 1 aliphatic heterocycles. The third kappa shape index (κ3) is 4.31. The second-order valence-electron chi connectivity index (χ2n) is 5.43. The van der Waals surface area contributed by atoms with E-state index in [0.29, 0.717) is 9.92 Å². The molecular formula is C14H12ClF6NO. The van der Waals surface area contributed by atoms with Crippen LogP contribution in [0, 0.1) is 11.8 Å². The Labute approximate surface area is 133 Å². The summed E-state index contributed by atoms with van der Waals surface area (Å²) in [7, 11) is 0. The Morgan fingerprint density at radius 1 is 0.957 bits per heavy atom. The predicted molar refractivity (Wildman–Crippen MR) is 71.1 cm³/mol. The Kier molecular flexibility index (Phi) is 4.84. The Hall–Kier alpha value is -1.44. The van der Waals surface area contributed by atoms with Crippen molar-refractivity contribution in [2.24, 2.45) is 11.8 Å². The zero-order valence-electron chi connectivity index (χ0n) is 11.6. The summed E-state index contributed by atoms with van der Waals surface area (Å²) in [6.07, 6.45) is -10.6. The molecule has 1 aromatic rings. The molecule has 23 heavy (non-hydrogen) atoms. The average Bonchev–Trinajstić information content (AvgIpc) is 2.45. The number of halogens is 7. The number of rotatable bonds is 1. The monoisotopic (exact) mass is 359 g/mol. The van der Waals surface area contributed by atoms with Crippen molar-refractivity contribution in [3.63, 3.8) is 0 Å². The van der Waals surface area contributed by atoms with Gasteiger partial charge in [0, 0.05) is 23.7 Å². The quantitative estimate of drug-likeness (QED) is 0.674. The first kappa shape index (κ1) is 17.9. The van der Waals surface area contributed by atoms with E-state index in [-0.39, 0.29) is 5.56 Å². The minimum atomic E-state index is -4.79. The number of amides is 1. The molecule has 2 nitrogen and oxygen atoms in total. The van der Waals surface area contributed by atoms with E-state index in [4.69, 9.17) is 11.6 Å². The minimum absolute atomic E-state index is 0.00171. The van der Waals surface area contributed by atoms with Crippen LogP contribution in [0.1, 0.15) is 16.8 Å². The van der Waals surface area contributed by atoms with Crippen LogP contribution in [0.15, 0.2) is 24.3 Å². The predicted octanol–water partition coefficient (Wildman–Crippen LogP) is 4.54. The van der Waals surface area contributed by atoms with Gasteiger partial charge in [-0.3, -0.25) is 4.79 Å². The van der Waals surface area contributed by atoms with Gasteiger partial charge in [0.25, 0.3) is 5.91 Å². The SMILES string of the molecule is O=C(c1ccc(Cl)cc1)N1C[C@H](C(F)(F)F)C[C@H](C(F)(F)F)C1. The van der Waals surface area contributed by atoms with E-state index in [9.17, 15) is 31.1 Å². The maximum absolute atomic E-state index is 12.9. The molecule has 0 unspecified atom stereocenters. The van der Waals surface area contributed by atoms with E-state index in [1.807, 2.05) is 0 Å². The Morgan fingerprint density at radius 2 is 1.39 bits per heavy atom. The number of hydrogen-bond acceptors (Lipinski definition) is 1. The maximum atomic E-state index is 12.9. The molecule has 128 valence electrons. The summed E-state index contributed by atoms with van der Waals surface area (Å²) in [6, 6.07) is 5.23. The number of likely N-dealkylation sites (tertiary alicyclic amines) is 1. The van der Waals surface area contributed by atoms with Crippen molar-refractivity contribution in [3.8, 4) is 0 Å². The van der Waals surface area contributed by atoms with Crippen LogP contribution >= 0.6 is 11.6 Å². The number of carbonyl (C=O) groups excluding carboxylic acids is 1. The van der Waals surface area contributed by atoms with Gasteiger partial charge in [-0.25, -0.2) is 0 Å². The van der Waals surface area contributed by atoms with Crippen molar-refractivity contribution in [3.05, 3.63) is 34.9 Å². The fourth-order valence-electron chi connectivity index (χ4n) is 2.51. The van der Waals surface area contributed by atoms with Crippen molar-refractivity contribution in [1.29, 1.82) is 0 Å². The average molecular weight is 360 g/mol. The Morgan fingerprint density at radius 3 is 1.78 bits per heavy atom. The molecule has 1 aliphatic rings. The van der Waals surface area contributed by atoms with Crippen molar-refractivity contribution >= 4 is 17.5 Å². The highest BCUT2D eigenvalue weighted by Crippen LogP contribution is 2.41. The van der Waals surface area contributed by atoms with Gasteiger partial charge in [0.05, 0.1) is 11.8 Å². The summed E-state index contributed by atoms with van der Waals surface area (Å²) < 4.78 is 77.2. The first-order valence-corrected chi connectivity index (χ1v) is 7.04. The van der Waals surface area contributed by atoms with Crippen LogP contribution in [-0.4, -0.2) is 36.2 Å². The van der Waals surface area contributed by atoms with Gasteiger partial charge >= 0.3 is 12.4 Å². The second kappa shape index (κ2) is 6.22. The lowest BCUT2D eigenvalue weighted by molar-refractivity contribution is -0.226. The van der Waals surface area contributed by atoms with E-state index in [1.165, 1.54) is 24.3 Å². The number of piperidine rings is 1. The molecular weight excluding hydrogens is 348 g/mol. The molecule has 2 rings (SSSR count). The molecule has 0 aromatic heterocycles. The molecule has 1 aromatic carbocycles. The van der Waals surface area contributed by atoms with Gasteiger partial charge in [-0.05, 0) is 30.7 Å². The molecule has 0 N–H and O–H groups in total. The van der Waals surface area contributed by atoms with Gasteiger partial charge in [0.1, 0.15) is 0 Å². The van der Waals surface area contributed by atoms with Crippen molar-refractivity contribution in [2.45, 2.75) is 18.8 Å². The number of nitrogens with zero attached hydrogens (tertiary/aromatic N) is 1. The standard InChI is InChI=1S/C14H12ClF6NO/c15-11-3-1-8(2-4-11)12(23)22-6-9(13(16,17)18)5-10(7-22)14(19,20)21/h1-4,9-10H,5-7H2/t9-,10+. The van der Waals surface area contributed by atoms with Crippen LogP contribution < -0.4 is 0 Å². The van der Waals surface area contributed by atoms with Gasteiger partial charge < -0.3 is 4.90 Å². The first-order valence-electron chi connectivity index (χ1n) is 6.66. The topological polar surface area (TPSA) is 20.3 Å². The highest BCUT2D eigenvalue weighted by molar-refractivity contribution is 6.30. The third-order valence-electron chi connectivity index (χ3n) is 3.75. The molecule has 2 atom stereocenters. The lowest BCUT2D eigenvalue weighted by Crippen LogP contribution is -2.51. The van der Waals surface area contributed by atoms with Crippen molar-refractivity contribution < 1.29 is 31.1 Å². The molecule has 1 heterocycles. The highest BCUT2D eigenvalue weighted by atomic mass is 35.5. The number of carbonyl (C=O) groups is 1. The van der Waals surface area contributed by atoms with Crippen LogP contribution in [0.4, 0.5) is 26.3 Å². The lowest BCUT2D eigenvalue weighted by atomic mass is 9.88. The van der Waals surface area contributed by atoms with E-state index in [2.05, 4.69) is 0 Å². The summed E-state index contributed by atoms with van der Waals surface area (Å²) in [5.41, 5.74) is -0.00171. The molecule has 0 spiro atoms. The Balaban J connectivity index is 2.25. The van der Waals surface area contributed by atoms with Crippen LogP contribution in [0.3, 0.4) is 0 Å². The third-order valence-corrected chi connectivity index (χ3v) is 4.01. The minimum Gasteiger partial charge on any atom is -0.337 e. The number of benzene rings is 1. The molecule has 1 amide bonds. The van der Waals surface area contributed by atoms with Gasteiger partial charge in [0.2, 0.25) is 0 Å². The molecule has 0 radical (unpaired) electrons. The number of hydrogen-bond donors (Lipinski definition) is 0. The molecule has 0 saturated carbocycles. The maximum Gasteiger partial charge on any atom is 0.393 e. The summed E-state index contributed by atoms with van der Waals surface area (Å²) in [5, 5.41) is 0.307. The zero-order chi connectivity index (χ0) is 17.4. The smallest absolute Gasteiger partial charge is 0.337 e. The second-order valence-corrected chi connectivity index (χ2v) is 5.87. The number of alkyl halides is 6. The van der Waals surface area contributed by atoms with E-state index >= 15 is 0 Å². The van der Waals surface area contributed by atoms with E-state index in [1.54, 1.807) is 0 Å². The molecule has 0 bridgehead atoms. The Bertz CT molecular complexity index is 546. The summed E-state index contributed by atoms with van der Waals surface area (Å²) in [4.78, 5) is 12.8. The van der Waals surface area contributed by atoms with E-state index in [0.717, 1.165) is 0 Å². The van der Waals surface area contributed by atoms with Gasteiger partial charge in [-0.2, -0.15) is 26.3 Å². The van der Waals surface area contributed by atoms with Gasteiger partial charge in [0.15, 0.2) is 0 Å².